The Morgan fingerprint density at radius 1 is 0.895 bits per heavy atom. The normalized spacial score (nSPS) is 11.6. The molecule has 0 aliphatic rings. The van der Waals surface area contributed by atoms with Gasteiger partial charge in [-0.25, -0.2) is 0 Å². The van der Waals surface area contributed by atoms with Gasteiger partial charge in [-0.2, -0.15) is 0 Å². The zero-order chi connectivity index (χ0) is 13.5. The summed E-state index contributed by atoms with van der Waals surface area (Å²) in [6, 6.07) is 19.7. The zero-order valence-corrected chi connectivity index (χ0v) is 11.4. The highest BCUT2D eigenvalue weighted by molar-refractivity contribution is 7.32. The van der Waals surface area contributed by atoms with Crippen LogP contribution in [-0.4, -0.2) is 11.0 Å². The van der Waals surface area contributed by atoms with Gasteiger partial charge in [0.25, 0.3) is 0 Å². The molecule has 0 bridgehead atoms. The van der Waals surface area contributed by atoms with Crippen LogP contribution < -0.4 is 0 Å². The van der Waals surface area contributed by atoms with Crippen LogP contribution in [0.2, 0.25) is 0 Å². The molecule has 0 aliphatic heterocycles. The minimum atomic E-state index is -2.58. The Morgan fingerprint density at radius 2 is 1.32 bits per heavy atom. The van der Waals surface area contributed by atoms with Crippen molar-refractivity contribution in [1.29, 1.82) is 0 Å². The lowest BCUT2D eigenvalue weighted by Crippen LogP contribution is -2.16. The summed E-state index contributed by atoms with van der Waals surface area (Å²) >= 11 is 0. The van der Waals surface area contributed by atoms with Crippen LogP contribution in [0.25, 0.3) is 0 Å². The van der Waals surface area contributed by atoms with E-state index in [1.807, 2.05) is 60.7 Å². The molecule has 0 heterocycles. The summed E-state index contributed by atoms with van der Waals surface area (Å²) < 4.78 is 16.0. The summed E-state index contributed by atoms with van der Waals surface area (Å²) in [5, 5.41) is 0. The van der Waals surface area contributed by atoms with Crippen molar-refractivity contribution in [3.63, 3.8) is 0 Å². The van der Waals surface area contributed by atoms with Crippen molar-refractivity contribution in [2.24, 2.45) is 0 Å². The van der Waals surface area contributed by atoms with Crippen LogP contribution in [-0.2, 0) is 21.9 Å². The zero-order valence-electron chi connectivity index (χ0n) is 10.5. The molecule has 0 aromatic heterocycles. The fourth-order valence-corrected chi connectivity index (χ4v) is 2.43. The molecule has 2 aromatic carbocycles. The largest absolute Gasteiger partial charge is 0.695 e. The van der Waals surface area contributed by atoms with E-state index in [4.69, 9.17) is 9.42 Å². The van der Waals surface area contributed by atoms with Crippen molar-refractivity contribution in [2.75, 3.05) is 0 Å². The molecule has 1 unspecified atom stereocenters. The fraction of sp³-hybridized carbons (Fsp3) is 0.200. The van der Waals surface area contributed by atoms with Gasteiger partial charge in [-0.05, 0) is 11.1 Å². The molecule has 1 atom stereocenters. The van der Waals surface area contributed by atoms with Gasteiger partial charge in [-0.1, -0.05) is 60.7 Å². The first-order chi connectivity index (χ1) is 9.24. The molecule has 3 nitrogen and oxygen atoms in total. The summed E-state index contributed by atoms with van der Waals surface area (Å²) in [6.07, 6.45) is 0.952. The minimum Gasteiger partial charge on any atom is -0.133 e. The number of benzene rings is 2. The van der Waals surface area contributed by atoms with E-state index in [2.05, 4.69) is 0 Å². The van der Waals surface area contributed by atoms with E-state index in [0.717, 1.165) is 11.1 Å². The van der Waals surface area contributed by atoms with Gasteiger partial charge in [0.1, 0.15) is 6.10 Å². The molecule has 0 amide bonds. The van der Waals surface area contributed by atoms with Crippen LogP contribution in [0, 0.1) is 0 Å². The lowest BCUT2D eigenvalue weighted by molar-refractivity contribution is 0.188. The highest BCUT2D eigenvalue weighted by Gasteiger charge is 2.23. The quantitative estimate of drug-likeness (QED) is 0.821. The first-order valence-electron chi connectivity index (χ1n) is 6.15. The molecular weight excluding hydrogens is 259 g/mol. The smallest absolute Gasteiger partial charge is 0.133 e. The van der Waals surface area contributed by atoms with Crippen molar-refractivity contribution >= 4 is 8.25 Å². The topological polar surface area (TPSA) is 46.5 Å². The molecule has 0 fully saturated rings. The predicted molar refractivity (Wildman–Crippen MR) is 75.0 cm³/mol. The Bertz CT molecular complexity index is 472. The Balaban J connectivity index is 2.06. The number of rotatable bonds is 6. The van der Waals surface area contributed by atoms with Crippen molar-refractivity contribution in [3.8, 4) is 0 Å². The summed E-state index contributed by atoms with van der Waals surface area (Å²) in [4.78, 5) is 8.97. The van der Waals surface area contributed by atoms with Gasteiger partial charge in [0.15, 0.2) is 0 Å². The lowest BCUT2D eigenvalue weighted by atomic mass is 10.0. The number of hydrogen-bond donors (Lipinski definition) is 1. The van der Waals surface area contributed by atoms with E-state index in [1.54, 1.807) is 0 Å². The SMILES string of the molecule is O=[P+](O)OC(Cc1ccccc1)Cc1ccccc1. The van der Waals surface area contributed by atoms with E-state index in [1.165, 1.54) is 0 Å². The molecule has 4 heteroatoms. The summed E-state index contributed by atoms with van der Waals surface area (Å²) in [5.41, 5.74) is 2.19. The fourth-order valence-electron chi connectivity index (χ4n) is 2.03. The third kappa shape index (κ3) is 4.92. The maximum atomic E-state index is 10.9. The minimum absolute atomic E-state index is 0.293. The Labute approximate surface area is 113 Å². The second-order valence-electron chi connectivity index (χ2n) is 4.34. The maximum Gasteiger partial charge on any atom is 0.695 e. The van der Waals surface area contributed by atoms with Gasteiger partial charge >= 0.3 is 8.25 Å². The van der Waals surface area contributed by atoms with Crippen LogP contribution in [0.1, 0.15) is 11.1 Å². The molecule has 98 valence electrons. The van der Waals surface area contributed by atoms with Crippen LogP contribution in [0.5, 0.6) is 0 Å². The predicted octanol–water partition coefficient (Wildman–Crippen LogP) is 3.51. The molecular formula is C15H16O3P+. The van der Waals surface area contributed by atoms with Crippen molar-refractivity contribution in [1.82, 2.24) is 0 Å². The third-order valence-corrected chi connectivity index (χ3v) is 3.33. The molecule has 2 rings (SSSR count). The van der Waals surface area contributed by atoms with E-state index >= 15 is 0 Å². The van der Waals surface area contributed by atoms with Gasteiger partial charge in [0.2, 0.25) is 0 Å². The summed E-state index contributed by atoms with van der Waals surface area (Å²) in [7, 11) is -2.58. The maximum absolute atomic E-state index is 10.9. The second kappa shape index (κ2) is 7.15. The van der Waals surface area contributed by atoms with E-state index < -0.39 is 8.25 Å². The Hall–Kier alpha value is -1.54. The van der Waals surface area contributed by atoms with Gasteiger partial charge in [-0.3, -0.25) is 0 Å². The second-order valence-corrected chi connectivity index (χ2v) is 5.03. The van der Waals surface area contributed by atoms with Crippen LogP contribution in [0.15, 0.2) is 60.7 Å². The Morgan fingerprint density at radius 3 is 1.68 bits per heavy atom. The molecule has 0 aliphatic carbocycles. The molecule has 0 radical (unpaired) electrons. The van der Waals surface area contributed by atoms with Gasteiger partial charge in [0.05, 0.1) is 0 Å². The highest BCUT2D eigenvalue weighted by Crippen LogP contribution is 2.23. The highest BCUT2D eigenvalue weighted by atomic mass is 31.1. The average molecular weight is 275 g/mol. The molecule has 0 saturated carbocycles. The van der Waals surface area contributed by atoms with Gasteiger partial charge in [-0.15, -0.1) is 9.42 Å². The standard InChI is InChI=1S/C15H15O3P/c16-19(17)18-15(11-13-7-3-1-4-8-13)12-14-9-5-2-6-10-14/h1-10,15H,11-12H2/p+1. The van der Waals surface area contributed by atoms with Crippen molar-refractivity contribution < 1.29 is 14.0 Å². The molecule has 0 spiro atoms. The Kier molecular flexibility index (Phi) is 5.22. The molecule has 19 heavy (non-hydrogen) atoms. The van der Waals surface area contributed by atoms with Crippen molar-refractivity contribution in [3.05, 3.63) is 71.8 Å². The summed E-state index contributed by atoms with van der Waals surface area (Å²) in [5.74, 6) is 0. The van der Waals surface area contributed by atoms with Gasteiger partial charge in [0, 0.05) is 17.4 Å². The average Bonchev–Trinajstić information content (AvgIpc) is 2.40. The lowest BCUT2D eigenvalue weighted by Gasteiger charge is -2.10. The monoisotopic (exact) mass is 275 g/mol. The van der Waals surface area contributed by atoms with E-state index in [-0.39, 0.29) is 6.10 Å². The summed E-state index contributed by atoms with van der Waals surface area (Å²) in [6.45, 7) is 0. The van der Waals surface area contributed by atoms with E-state index in [0.29, 0.717) is 12.8 Å². The van der Waals surface area contributed by atoms with Crippen LogP contribution in [0.3, 0.4) is 0 Å². The number of hydrogen-bond acceptors (Lipinski definition) is 2. The first kappa shape index (κ1) is 13.9. The molecule has 0 saturated heterocycles. The third-order valence-electron chi connectivity index (χ3n) is 2.85. The van der Waals surface area contributed by atoms with Crippen molar-refractivity contribution in [2.45, 2.75) is 18.9 Å². The van der Waals surface area contributed by atoms with Gasteiger partial charge < -0.3 is 0 Å². The van der Waals surface area contributed by atoms with Crippen LogP contribution in [0.4, 0.5) is 0 Å². The molecule has 2 aromatic rings. The van der Waals surface area contributed by atoms with Crippen LogP contribution >= 0.6 is 8.25 Å². The van der Waals surface area contributed by atoms with E-state index in [9.17, 15) is 4.57 Å². The first-order valence-corrected chi connectivity index (χ1v) is 7.28. The molecule has 1 N–H and O–H groups in total.